The Hall–Kier alpha value is -3.81. The molecule has 0 aliphatic carbocycles. The number of hydrogen-bond acceptors (Lipinski definition) is 7. The van der Waals surface area contributed by atoms with E-state index in [4.69, 9.17) is 23.0 Å². The van der Waals surface area contributed by atoms with E-state index >= 15 is 0 Å². The molecule has 5 aromatic rings. The molecular weight excluding hydrogens is 468 g/mol. The summed E-state index contributed by atoms with van der Waals surface area (Å²) in [6, 6.07) is 17.7. The van der Waals surface area contributed by atoms with Crippen LogP contribution in [0.5, 0.6) is 11.5 Å². The molecule has 0 bridgehead atoms. The Bertz CT molecular complexity index is 1440. The first-order valence-corrected chi connectivity index (χ1v) is 12.7. The van der Waals surface area contributed by atoms with Gasteiger partial charge >= 0.3 is 0 Å². The molecule has 0 saturated carbocycles. The molecule has 0 spiro atoms. The van der Waals surface area contributed by atoms with Gasteiger partial charge in [-0.25, -0.2) is 0 Å². The summed E-state index contributed by atoms with van der Waals surface area (Å²) in [5.41, 5.74) is 3.82. The lowest BCUT2D eigenvalue weighted by atomic mass is 10.1. The molecule has 0 atom stereocenters. The molecule has 5 rings (SSSR count). The van der Waals surface area contributed by atoms with Crippen molar-refractivity contribution >= 4 is 21.9 Å². The Morgan fingerprint density at radius 2 is 1.89 bits per heavy atom. The maximum absolute atomic E-state index is 6.13. The van der Waals surface area contributed by atoms with Crippen LogP contribution in [0.25, 0.3) is 21.9 Å². The van der Waals surface area contributed by atoms with Crippen molar-refractivity contribution in [3.63, 3.8) is 0 Å². The van der Waals surface area contributed by atoms with E-state index in [1.165, 1.54) is 5.56 Å². The summed E-state index contributed by atoms with van der Waals surface area (Å²) < 4.78 is 29.6. The van der Waals surface area contributed by atoms with Gasteiger partial charge in [0.2, 0.25) is 0 Å². The molecule has 3 aromatic heterocycles. The minimum Gasteiger partial charge on any atom is -0.493 e. The van der Waals surface area contributed by atoms with Gasteiger partial charge in [0.1, 0.15) is 47.4 Å². The van der Waals surface area contributed by atoms with Crippen molar-refractivity contribution in [3.05, 3.63) is 89.6 Å². The summed E-state index contributed by atoms with van der Waals surface area (Å²) in [7, 11) is 0. The average Bonchev–Trinajstić information content (AvgIpc) is 3.48. The highest BCUT2D eigenvalue weighted by molar-refractivity contribution is 5.88. The van der Waals surface area contributed by atoms with Crippen LogP contribution in [-0.4, -0.2) is 24.7 Å². The number of hydrogen-bond donors (Lipinski definition) is 1. The number of nitrogens with zero attached hydrogens (tertiary/aromatic N) is 1. The molecule has 37 heavy (non-hydrogen) atoms. The van der Waals surface area contributed by atoms with Crippen LogP contribution in [0.2, 0.25) is 0 Å². The van der Waals surface area contributed by atoms with Gasteiger partial charge in [-0.1, -0.05) is 12.1 Å². The molecule has 0 unspecified atom stereocenters. The molecule has 7 heteroatoms. The summed E-state index contributed by atoms with van der Waals surface area (Å²) in [6.45, 7) is 7.74. The van der Waals surface area contributed by atoms with Crippen LogP contribution < -0.4 is 14.8 Å². The number of fused-ring (bicyclic) bond motifs is 2. The van der Waals surface area contributed by atoms with Crippen LogP contribution in [0.3, 0.4) is 0 Å². The summed E-state index contributed by atoms with van der Waals surface area (Å²) in [6.07, 6.45) is 4.56. The Morgan fingerprint density at radius 3 is 2.76 bits per heavy atom. The van der Waals surface area contributed by atoms with Gasteiger partial charge in [-0.2, -0.15) is 0 Å². The second-order valence-corrected chi connectivity index (χ2v) is 8.86. The molecule has 0 aliphatic heterocycles. The van der Waals surface area contributed by atoms with E-state index in [0.717, 1.165) is 70.0 Å². The highest BCUT2D eigenvalue weighted by Gasteiger charge is 2.16. The molecule has 0 aliphatic rings. The van der Waals surface area contributed by atoms with Crippen LogP contribution in [0.4, 0.5) is 0 Å². The maximum Gasteiger partial charge on any atom is 0.146 e. The van der Waals surface area contributed by atoms with Crippen LogP contribution in [0.1, 0.15) is 36.0 Å². The third-order valence-corrected chi connectivity index (χ3v) is 6.18. The highest BCUT2D eigenvalue weighted by Crippen LogP contribution is 2.34. The number of nitrogens with one attached hydrogen (secondary N) is 1. The first-order valence-electron chi connectivity index (χ1n) is 12.7. The lowest BCUT2D eigenvalue weighted by Gasteiger charge is -2.09. The minimum absolute atomic E-state index is 0.327. The monoisotopic (exact) mass is 500 g/mol. The van der Waals surface area contributed by atoms with E-state index in [1.54, 1.807) is 6.20 Å². The Kier molecular flexibility index (Phi) is 8.03. The van der Waals surface area contributed by atoms with Gasteiger partial charge in [0.05, 0.1) is 12.0 Å². The smallest absolute Gasteiger partial charge is 0.146 e. The van der Waals surface area contributed by atoms with Crippen LogP contribution >= 0.6 is 0 Å². The average molecular weight is 501 g/mol. The Balaban J connectivity index is 1.17. The molecule has 0 amide bonds. The van der Waals surface area contributed by atoms with Crippen LogP contribution in [-0.2, 0) is 24.5 Å². The van der Waals surface area contributed by atoms with E-state index in [9.17, 15) is 0 Å². The zero-order valence-corrected chi connectivity index (χ0v) is 21.3. The van der Waals surface area contributed by atoms with Gasteiger partial charge in [0.15, 0.2) is 0 Å². The van der Waals surface area contributed by atoms with Gasteiger partial charge < -0.3 is 28.4 Å². The van der Waals surface area contributed by atoms with Crippen molar-refractivity contribution in [2.45, 2.75) is 40.0 Å². The number of ether oxygens (including phenoxy) is 3. The molecule has 2 aromatic carbocycles. The van der Waals surface area contributed by atoms with Crippen molar-refractivity contribution in [1.29, 1.82) is 0 Å². The lowest BCUT2D eigenvalue weighted by Crippen LogP contribution is -2.17. The molecule has 3 heterocycles. The molecule has 0 saturated heterocycles. The third kappa shape index (κ3) is 6.13. The maximum atomic E-state index is 6.13. The van der Waals surface area contributed by atoms with Crippen molar-refractivity contribution in [2.24, 2.45) is 0 Å². The first-order chi connectivity index (χ1) is 18.2. The quantitative estimate of drug-likeness (QED) is 0.184. The van der Waals surface area contributed by atoms with Gasteiger partial charge in [0.25, 0.3) is 0 Å². The van der Waals surface area contributed by atoms with Gasteiger partial charge in [-0.05, 0) is 74.8 Å². The number of benzene rings is 2. The minimum atomic E-state index is 0.327. The Morgan fingerprint density at radius 1 is 0.946 bits per heavy atom. The van der Waals surface area contributed by atoms with Crippen LogP contribution in [0.15, 0.2) is 75.8 Å². The molecule has 0 fully saturated rings. The van der Waals surface area contributed by atoms with E-state index in [1.807, 2.05) is 68.6 Å². The predicted molar refractivity (Wildman–Crippen MR) is 143 cm³/mol. The molecule has 192 valence electrons. The number of rotatable bonds is 13. The summed E-state index contributed by atoms with van der Waals surface area (Å²) in [5, 5.41) is 5.41. The fourth-order valence-electron chi connectivity index (χ4n) is 4.28. The highest BCUT2D eigenvalue weighted by atomic mass is 16.5. The predicted octanol–water partition coefficient (Wildman–Crippen LogP) is 6.56. The standard InChI is InChI=1S/C30H32N2O5/c1-3-33-19-25-16-23-15-24(10-11-26(23)36-25)35-20-29-21(2)30-27(8-4-9-28(30)37-29)34-14-6-13-32-18-22-7-5-12-31-17-22/h4-5,7-12,15-17,32H,3,6,13-14,18-20H2,1-2H3. The van der Waals surface area contributed by atoms with E-state index < -0.39 is 0 Å². The van der Waals surface area contributed by atoms with E-state index in [-0.39, 0.29) is 0 Å². The fraction of sp³-hybridized carbons (Fsp3) is 0.300. The SMILES string of the molecule is CCOCc1cc2cc(OCc3oc4cccc(OCCCNCc5cccnc5)c4c3C)ccc2o1. The molecular formula is C30H32N2O5. The third-order valence-electron chi connectivity index (χ3n) is 6.18. The van der Waals surface area contributed by atoms with Gasteiger partial charge in [-0.3, -0.25) is 4.98 Å². The number of aryl methyl sites for hydroxylation is 1. The van der Waals surface area contributed by atoms with E-state index in [2.05, 4.69) is 16.4 Å². The number of furan rings is 2. The second-order valence-electron chi connectivity index (χ2n) is 8.86. The zero-order valence-electron chi connectivity index (χ0n) is 21.3. The first kappa shape index (κ1) is 24.9. The molecule has 7 nitrogen and oxygen atoms in total. The molecule has 0 radical (unpaired) electrons. The summed E-state index contributed by atoms with van der Waals surface area (Å²) in [5.74, 6) is 3.18. The topological polar surface area (TPSA) is 78.9 Å². The summed E-state index contributed by atoms with van der Waals surface area (Å²) in [4.78, 5) is 4.14. The van der Waals surface area contributed by atoms with Crippen molar-refractivity contribution < 1.29 is 23.0 Å². The van der Waals surface area contributed by atoms with Crippen molar-refractivity contribution in [3.8, 4) is 11.5 Å². The Labute approximate surface area is 216 Å². The number of aromatic nitrogens is 1. The molecule has 1 N–H and O–H groups in total. The fourth-order valence-corrected chi connectivity index (χ4v) is 4.28. The van der Waals surface area contributed by atoms with Crippen molar-refractivity contribution in [2.75, 3.05) is 19.8 Å². The normalized spacial score (nSPS) is 11.4. The number of pyridine rings is 1. The summed E-state index contributed by atoms with van der Waals surface area (Å²) >= 11 is 0. The largest absolute Gasteiger partial charge is 0.493 e. The lowest BCUT2D eigenvalue weighted by molar-refractivity contribution is 0.119. The van der Waals surface area contributed by atoms with Gasteiger partial charge in [-0.15, -0.1) is 0 Å². The van der Waals surface area contributed by atoms with E-state index in [0.29, 0.717) is 26.4 Å². The zero-order chi connectivity index (χ0) is 25.5. The van der Waals surface area contributed by atoms with Gasteiger partial charge in [0, 0.05) is 36.5 Å². The van der Waals surface area contributed by atoms with Crippen molar-refractivity contribution in [1.82, 2.24) is 10.3 Å². The second kappa shape index (κ2) is 12.0. The van der Waals surface area contributed by atoms with Crippen LogP contribution in [0, 0.1) is 6.92 Å².